The normalized spacial score (nSPS) is 17.7. The summed E-state index contributed by atoms with van der Waals surface area (Å²) in [6, 6.07) is 9.80. The van der Waals surface area contributed by atoms with Gasteiger partial charge in [0.1, 0.15) is 12.2 Å². The van der Waals surface area contributed by atoms with E-state index < -0.39 is 0 Å². The summed E-state index contributed by atoms with van der Waals surface area (Å²) in [5.41, 5.74) is 0.757. The zero-order valence-electron chi connectivity index (χ0n) is 10.8. The van der Waals surface area contributed by atoms with Gasteiger partial charge in [-0.1, -0.05) is 30.3 Å². The Kier molecular flexibility index (Phi) is 2.81. The SMILES string of the molecule is CC(NC(=O)C1(c2ccccc2)CC1)c1ncn[nH]1. The first kappa shape index (κ1) is 11.9. The average molecular weight is 256 g/mol. The number of aromatic nitrogens is 3. The number of benzene rings is 1. The van der Waals surface area contributed by atoms with E-state index in [2.05, 4.69) is 20.5 Å². The van der Waals surface area contributed by atoms with Crippen molar-refractivity contribution in [3.8, 4) is 0 Å². The highest BCUT2D eigenvalue weighted by Crippen LogP contribution is 2.48. The molecule has 1 saturated carbocycles. The second-order valence-electron chi connectivity index (χ2n) is 5.01. The fourth-order valence-corrected chi connectivity index (χ4v) is 2.36. The number of carbonyl (C=O) groups excluding carboxylic acids is 1. The molecular weight excluding hydrogens is 240 g/mol. The molecule has 1 atom stereocenters. The fourth-order valence-electron chi connectivity index (χ4n) is 2.36. The second kappa shape index (κ2) is 4.50. The highest BCUT2D eigenvalue weighted by Gasteiger charge is 2.51. The van der Waals surface area contributed by atoms with Gasteiger partial charge in [0.15, 0.2) is 0 Å². The van der Waals surface area contributed by atoms with E-state index in [0.29, 0.717) is 5.82 Å². The molecule has 19 heavy (non-hydrogen) atoms. The van der Waals surface area contributed by atoms with Crippen LogP contribution in [-0.4, -0.2) is 21.1 Å². The van der Waals surface area contributed by atoms with Gasteiger partial charge in [0, 0.05) is 0 Å². The zero-order chi connectivity index (χ0) is 13.3. The number of nitrogens with one attached hydrogen (secondary N) is 2. The van der Waals surface area contributed by atoms with Crippen LogP contribution in [0.5, 0.6) is 0 Å². The summed E-state index contributed by atoms with van der Waals surface area (Å²) in [5, 5.41) is 9.59. The highest BCUT2D eigenvalue weighted by atomic mass is 16.2. The summed E-state index contributed by atoms with van der Waals surface area (Å²) in [7, 11) is 0. The van der Waals surface area contributed by atoms with Crippen LogP contribution < -0.4 is 5.32 Å². The highest BCUT2D eigenvalue weighted by molar-refractivity contribution is 5.91. The van der Waals surface area contributed by atoms with Gasteiger partial charge in [0.05, 0.1) is 11.5 Å². The molecule has 98 valence electrons. The van der Waals surface area contributed by atoms with E-state index in [1.807, 2.05) is 37.3 Å². The van der Waals surface area contributed by atoms with E-state index in [4.69, 9.17) is 0 Å². The fraction of sp³-hybridized carbons (Fsp3) is 0.357. The molecule has 5 heteroatoms. The molecule has 0 radical (unpaired) electrons. The quantitative estimate of drug-likeness (QED) is 0.875. The molecule has 2 aromatic rings. The predicted octanol–water partition coefficient (Wildman–Crippen LogP) is 1.71. The summed E-state index contributed by atoms with van der Waals surface area (Å²) >= 11 is 0. The molecule has 1 unspecified atom stereocenters. The van der Waals surface area contributed by atoms with E-state index in [9.17, 15) is 4.79 Å². The topological polar surface area (TPSA) is 70.7 Å². The molecule has 0 spiro atoms. The minimum atomic E-state index is -0.338. The monoisotopic (exact) mass is 256 g/mol. The van der Waals surface area contributed by atoms with Crippen LogP contribution in [0.3, 0.4) is 0 Å². The molecule has 0 bridgehead atoms. The first-order valence-electron chi connectivity index (χ1n) is 6.44. The van der Waals surface area contributed by atoms with Crippen molar-refractivity contribution in [1.29, 1.82) is 0 Å². The van der Waals surface area contributed by atoms with E-state index >= 15 is 0 Å². The van der Waals surface area contributed by atoms with Crippen molar-refractivity contribution in [1.82, 2.24) is 20.5 Å². The van der Waals surface area contributed by atoms with Crippen LogP contribution in [0.25, 0.3) is 0 Å². The molecule has 1 heterocycles. The number of hydrogen-bond acceptors (Lipinski definition) is 3. The molecule has 2 N–H and O–H groups in total. The van der Waals surface area contributed by atoms with Crippen LogP contribution >= 0.6 is 0 Å². The molecule has 1 aliphatic carbocycles. The maximum Gasteiger partial charge on any atom is 0.231 e. The van der Waals surface area contributed by atoms with Crippen molar-refractivity contribution in [3.63, 3.8) is 0 Å². The lowest BCUT2D eigenvalue weighted by Gasteiger charge is -2.18. The minimum absolute atomic E-state index is 0.0719. The molecule has 1 amide bonds. The van der Waals surface area contributed by atoms with Gasteiger partial charge < -0.3 is 5.32 Å². The number of hydrogen-bond donors (Lipinski definition) is 2. The molecule has 5 nitrogen and oxygen atoms in total. The van der Waals surface area contributed by atoms with Gasteiger partial charge in [-0.3, -0.25) is 9.89 Å². The molecule has 0 aliphatic heterocycles. The second-order valence-corrected chi connectivity index (χ2v) is 5.01. The van der Waals surface area contributed by atoms with Crippen molar-refractivity contribution >= 4 is 5.91 Å². The Morgan fingerprint density at radius 3 is 2.68 bits per heavy atom. The van der Waals surface area contributed by atoms with Gasteiger partial charge in [-0.2, -0.15) is 5.10 Å². The first-order chi connectivity index (χ1) is 9.22. The Morgan fingerprint density at radius 2 is 2.11 bits per heavy atom. The third kappa shape index (κ3) is 2.12. The average Bonchev–Trinajstić information content (AvgIpc) is 3.07. The van der Waals surface area contributed by atoms with Crippen LogP contribution in [0.4, 0.5) is 0 Å². The Labute approximate surface area is 111 Å². The van der Waals surface area contributed by atoms with Crippen molar-refractivity contribution in [2.24, 2.45) is 0 Å². The lowest BCUT2D eigenvalue weighted by atomic mass is 9.95. The molecule has 1 aromatic heterocycles. The minimum Gasteiger partial charge on any atom is -0.346 e. The Balaban J connectivity index is 1.74. The van der Waals surface area contributed by atoms with Gasteiger partial charge in [-0.25, -0.2) is 4.98 Å². The van der Waals surface area contributed by atoms with Crippen LogP contribution in [0.15, 0.2) is 36.7 Å². The van der Waals surface area contributed by atoms with E-state index in [-0.39, 0.29) is 17.4 Å². The molecular formula is C14H16N4O. The lowest BCUT2D eigenvalue weighted by Crippen LogP contribution is -2.36. The van der Waals surface area contributed by atoms with Crippen LogP contribution in [0, 0.1) is 0 Å². The van der Waals surface area contributed by atoms with Crippen LogP contribution in [-0.2, 0) is 10.2 Å². The van der Waals surface area contributed by atoms with Gasteiger partial charge in [0.25, 0.3) is 0 Å². The van der Waals surface area contributed by atoms with Crippen molar-refractivity contribution in [2.45, 2.75) is 31.2 Å². The molecule has 0 saturated heterocycles. The Morgan fingerprint density at radius 1 is 1.37 bits per heavy atom. The van der Waals surface area contributed by atoms with E-state index in [1.165, 1.54) is 6.33 Å². The summed E-state index contributed by atoms with van der Waals surface area (Å²) in [5.74, 6) is 0.750. The van der Waals surface area contributed by atoms with Crippen LogP contribution in [0.2, 0.25) is 0 Å². The third-order valence-corrected chi connectivity index (χ3v) is 3.70. The van der Waals surface area contributed by atoms with Crippen molar-refractivity contribution in [3.05, 3.63) is 48.0 Å². The molecule has 1 aromatic carbocycles. The van der Waals surface area contributed by atoms with Crippen molar-refractivity contribution in [2.75, 3.05) is 0 Å². The number of aromatic amines is 1. The molecule has 3 rings (SSSR count). The van der Waals surface area contributed by atoms with Crippen molar-refractivity contribution < 1.29 is 4.79 Å². The first-order valence-corrected chi connectivity index (χ1v) is 6.44. The van der Waals surface area contributed by atoms with E-state index in [0.717, 1.165) is 18.4 Å². The summed E-state index contributed by atoms with van der Waals surface area (Å²) in [6.45, 7) is 1.90. The van der Waals surface area contributed by atoms with Gasteiger partial charge in [-0.05, 0) is 25.3 Å². The number of rotatable bonds is 4. The summed E-state index contributed by atoms with van der Waals surface area (Å²) < 4.78 is 0. The number of nitrogens with zero attached hydrogens (tertiary/aromatic N) is 2. The number of carbonyl (C=O) groups is 1. The maximum atomic E-state index is 12.5. The Bertz CT molecular complexity index is 560. The molecule has 1 fully saturated rings. The summed E-state index contributed by atoms with van der Waals surface area (Å²) in [4.78, 5) is 16.5. The van der Waals surface area contributed by atoms with E-state index in [1.54, 1.807) is 0 Å². The Hall–Kier alpha value is -2.17. The molecule has 1 aliphatic rings. The largest absolute Gasteiger partial charge is 0.346 e. The third-order valence-electron chi connectivity index (χ3n) is 3.70. The van der Waals surface area contributed by atoms with Gasteiger partial charge in [0.2, 0.25) is 5.91 Å². The van der Waals surface area contributed by atoms with Crippen LogP contribution in [0.1, 0.15) is 37.2 Å². The predicted molar refractivity (Wildman–Crippen MR) is 70.3 cm³/mol. The number of amides is 1. The van der Waals surface area contributed by atoms with Gasteiger partial charge in [-0.15, -0.1) is 0 Å². The lowest BCUT2D eigenvalue weighted by molar-refractivity contribution is -0.124. The smallest absolute Gasteiger partial charge is 0.231 e. The van der Waals surface area contributed by atoms with Gasteiger partial charge >= 0.3 is 0 Å². The summed E-state index contributed by atoms with van der Waals surface area (Å²) in [6.07, 6.45) is 3.26. The standard InChI is InChI=1S/C14H16N4O/c1-10(12-15-9-16-18-12)17-13(19)14(7-8-14)11-5-3-2-4-6-11/h2-6,9-10H,7-8H2,1H3,(H,17,19)(H,15,16,18). The number of H-pyrrole nitrogens is 1. The maximum absolute atomic E-state index is 12.5. The zero-order valence-corrected chi connectivity index (χ0v) is 10.8.